The lowest BCUT2D eigenvalue weighted by Gasteiger charge is -2.22. The van der Waals surface area contributed by atoms with Gasteiger partial charge in [0.25, 0.3) is 5.91 Å². The van der Waals surface area contributed by atoms with E-state index in [-0.39, 0.29) is 19.1 Å². The normalized spacial score (nSPS) is 15.9. The van der Waals surface area contributed by atoms with Gasteiger partial charge in [-0.15, -0.1) is 0 Å². The van der Waals surface area contributed by atoms with E-state index in [0.29, 0.717) is 11.8 Å². The average Bonchev–Trinajstić information content (AvgIpc) is 2.47. The maximum Gasteiger partial charge on any atom is 0.258 e. The molecule has 0 heterocycles. The third-order valence-electron chi connectivity index (χ3n) is 3.51. The Balaban J connectivity index is 1.80. The maximum absolute atomic E-state index is 11.8. The molecular weight excluding hydrogens is 322 g/mol. The lowest BCUT2D eigenvalue weighted by molar-refractivity contribution is -0.124. The first kappa shape index (κ1) is 15.3. The van der Waals surface area contributed by atoms with Crippen molar-refractivity contribution in [1.29, 1.82) is 0 Å². The van der Waals surface area contributed by atoms with Gasteiger partial charge in [0, 0.05) is 6.04 Å². The highest BCUT2D eigenvalue weighted by Gasteiger charge is 2.16. The van der Waals surface area contributed by atoms with Crippen LogP contribution in [0.2, 0.25) is 0 Å². The Morgan fingerprint density at radius 1 is 1.35 bits per heavy atom. The van der Waals surface area contributed by atoms with E-state index in [2.05, 4.69) is 21.2 Å². The van der Waals surface area contributed by atoms with Gasteiger partial charge in [-0.25, -0.2) is 0 Å². The number of aliphatic hydroxyl groups excluding tert-OH is 1. The minimum atomic E-state index is -0.0740. The van der Waals surface area contributed by atoms with Crippen molar-refractivity contribution < 1.29 is 14.6 Å². The molecule has 1 amide bonds. The van der Waals surface area contributed by atoms with Gasteiger partial charge in [-0.1, -0.05) is 25.3 Å². The number of hydrogen-bond donors (Lipinski definition) is 2. The predicted octanol–water partition coefficient (Wildman–Crippen LogP) is 2.77. The molecule has 0 radical (unpaired) electrons. The van der Waals surface area contributed by atoms with Gasteiger partial charge in [0.15, 0.2) is 6.61 Å². The van der Waals surface area contributed by atoms with Crippen LogP contribution in [0.4, 0.5) is 0 Å². The molecular formula is C15H20BrNO3. The van der Waals surface area contributed by atoms with E-state index in [1.54, 1.807) is 18.2 Å². The highest BCUT2D eigenvalue weighted by Crippen LogP contribution is 2.26. The second-order valence-electron chi connectivity index (χ2n) is 5.11. The minimum absolute atomic E-state index is 0.0129. The largest absolute Gasteiger partial charge is 0.483 e. The molecule has 0 unspecified atom stereocenters. The second kappa shape index (κ2) is 7.64. The summed E-state index contributed by atoms with van der Waals surface area (Å²) in [5.74, 6) is 0.538. The predicted molar refractivity (Wildman–Crippen MR) is 80.6 cm³/mol. The summed E-state index contributed by atoms with van der Waals surface area (Å²) >= 11 is 3.37. The maximum atomic E-state index is 11.8. The summed E-state index contributed by atoms with van der Waals surface area (Å²) in [5, 5.41) is 12.0. The van der Waals surface area contributed by atoms with Crippen LogP contribution >= 0.6 is 15.9 Å². The van der Waals surface area contributed by atoms with Crippen molar-refractivity contribution in [3.8, 4) is 5.75 Å². The molecule has 1 aliphatic rings. The third-order valence-corrected chi connectivity index (χ3v) is 4.13. The Kier molecular flexibility index (Phi) is 5.86. The van der Waals surface area contributed by atoms with E-state index in [1.165, 1.54) is 19.3 Å². The number of ether oxygens (including phenoxy) is 1. The molecule has 2 rings (SSSR count). The Labute approximate surface area is 127 Å². The fourth-order valence-electron chi connectivity index (χ4n) is 2.42. The zero-order valence-corrected chi connectivity index (χ0v) is 13.0. The van der Waals surface area contributed by atoms with Crippen LogP contribution in [0.1, 0.15) is 37.7 Å². The van der Waals surface area contributed by atoms with Crippen LogP contribution in [0.25, 0.3) is 0 Å². The molecule has 20 heavy (non-hydrogen) atoms. The van der Waals surface area contributed by atoms with Gasteiger partial charge in [-0.05, 0) is 46.5 Å². The first-order valence-electron chi connectivity index (χ1n) is 7.00. The van der Waals surface area contributed by atoms with Gasteiger partial charge < -0.3 is 15.2 Å². The molecule has 0 aliphatic heterocycles. The van der Waals surface area contributed by atoms with E-state index in [0.717, 1.165) is 22.9 Å². The molecule has 0 aromatic heterocycles. The van der Waals surface area contributed by atoms with Crippen molar-refractivity contribution in [3.63, 3.8) is 0 Å². The first-order chi connectivity index (χ1) is 9.69. The van der Waals surface area contributed by atoms with Crippen LogP contribution < -0.4 is 10.1 Å². The van der Waals surface area contributed by atoms with Crippen molar-refractivity contribution in [3.05, 3.63) is 28.2 Å². The van der Waals surface area contributed by atoms with Crippen LogP contribution in [0.3, 0.4) is 0 Å². The van der Waals surface area contributed by atoms with Gasteiger partial charge in [-0.3, -0.25) is 4.79 Å². The van der Waals surface area contributed by atoms with Crippen LogP contribution in [0, 0.1) is 0 Å². The number of carbonyl (C=O) groups excluding carboxylic acids is 1. The van der Waals surface area contributed by atoms with E-state index < -0.39 is 0 Å². The van der Waals surface area contributed by atoms with Crippen LogP contribution in [0.15, 0.2) is 22.7 Å². The summed E-state index contributed by atoms with van der Waals surface area (Å²) in [5.41, 5.74) is 0.802. The fraction of sp³-hybridized carbons (Fsp3) is 0.533. The van der Waals surface area contributed by atoms with E-state index in [1.807, 2.05) is 0 Å². The Morgan fingerprint density at radius 3 is 2.75 bits per heavy atom. The zero-order chi connectivity index (χ0) is 14.4. The molecule has 1 saturated carbocycles. The van der Waals surface area contributed by atoms with E-state index in [4.69, 9.17) is 9.84 Å². The fourth-order valence-corrected chi connectivity index (χ4v) is 2.96. The Hall–Kier alpha value is -1.07. The van der Waals surface area contributed by atoms with Crippen LogP contribution in [-0.4, -0.2) is 23.7 Å². The molecule has 0 bridgehead atoms. The lowest BCUT2D eigenvalue weighted by Crippen LogP contribution is -2.39. The second-order valence-corrected chi connectivity index (χ2v) is 5.97. The quantitative estimate of drug-likeness (QED) is 0.865. The standard InChI is InChI=1S/C15H20BrNO3/c16-13-8-11(9-18)6-7-14(13)20-10-15(19)17-12-4-2-1-3-5-12/h6-8,12,18H,1-5,9-10H2,(H,17,19). The highest BCUT2D eigenvalue weighted by atomic mass is 79.9. The Bertz CT molecular complexity index is 458. The molecule has 1 fully saturated rings. The summed E-state index contributed by atoms with van der Waals surface area (Å²) in [7, 11) is 0. The molecule has 0 atom stereocenters. The van der Waals surface area contributed by atoms with Gasteiger partial charge in [-0.2, -0.15) is 0 Å². The summed E-state index contributed by atoms with van der Waals surface area (Å²) in [6.07, 6.45) is 5.80. The topological polar surface area (TPSA) is 58.6 Å². The number of halogens is 1. The lowest BCUT2D eigenvalue weighted by atomic mass is 9.95. The number of hydrogen-bond acceptors (Lipinski definition) is 3. The summed E-state index contributed by atoms with van der Waals surface area (Å²) in [6, 6.07) is 5.62. The van der Waals surface area contributed by atoms with Gasteiger partial charge in [0.05, 0.1) is 11.1 Å². The van der Waals surface area contributed by atoms with Crippen molar-refractivity contribution in [2.45, 2.75) is 44.8 Å². The highest BCUT2D eigenvalue weighted by molar-refractivity contribution is 9.10. The number of rotatable bonds is 5. The van der Waals surface area contributed by atoms with Gasteiger partial charge in [0.1, 0.15) is 5.75 Å². The van der Waals surface area contributed by atoms with E-state index >= 15 is 0 Å². The summed E-state index contributed by atoms with van der Waals surface area (Å²) in [4.78, 5) is 11.8. The van der Waals surface area contributed by atoms with Gasteiger partial charge >= 0.3 is 0 Å². The SMILES string of the molecule is O=C(COc1ccc(CO)cc1Br)NC1CCCCC1. The third kappa shape index (κ3) is 4.49. The monoisotopic (exact) mass is 341 g/mol. The number of amides is 1. The molecule has 1 aromatic carbocycles. The number of benzene rings is 1. The first-order valence-corrected chi connectivity index (χ1v) is 7.80. The smallest absolute Gasteiger partial charge is 0.258 e. The van der Waals surface area contributed by atoms with Crippen molar-refractivity contribution in [2.24, 2.45) is 0 Å². The molecule has 110 valence electrons. The molecule has 4 nitrogen and oxygen atoms in total. The molecule has 1 aromatic rings. The average molecular weight is 342 g/mol. The zero-order valence-electron chi connectivity index (χ0n) is 11.4. The van der Waals surface area contributed by atoms with Crippen molar-refractivity contribution in [1.82, 2.24) is 5.32 Å². The Morgan fingerprint density at radius 2 is 2.10 bits per heavy atom. The van der Waals surface area contributed by atoms with E-state index in [9.17, 15) is 4.79 Å². The van der Waals surface area contributed by atoms with Gasteiger partial charge in [0.2, 0.25) is 0 Å². The minimum Gasteiger partial charge on any atom is -0.483 e. The number of nitrogens with one attached hydrogen (secondary N) is 1. The molecule has 0 saturated heterocycles. The molecule has 5 heteroatoms. The number of carbonyl (C=O) groups is 1. The summed E-state index contributed by atoms with van der Waals surface area (Å²) in [6.45, 7) is 0.00855. The van der Waals surface area contributed by atoms with Crippen LogP contribution in [0.5, 0.6) is 5.75 Å². The molecule has 0 spiro atoms. The molecule has 2 N–H and O–H groups in total. The number of aliphatic hydroxyl groups is 1. The van der Waals surface area contributed by atoms with Crippen molar-refractivity contribution in [2.75, 3.05) is 6.61 Å². The summed E-state index contributed by atoms with van der Waals surface area (Å²) < 4.78 is 6.24. The van der Waals surface area contributed by atoms with Crippen LogP contribution in [-0.2, 0) is 11.4 Å². The molecule has 1 aliphatic carbocycles. The van der Waals surface area contributed by atoms with Crippen molar-refractivity contribution >= 4 is 21.8 Å².